The van der Waals surface area contributed by atoms with Crippen LogP contribution < -0.4 is 5.56 Å². The van der Waals surface area contributed by atoms with Gasteiger partial charge < -0.3 is 5.11 Å². The summed E-state index contributed by atoms with van der Waals surface area (Å²) in [5, 5.41) is 9.22. The summed E-state index contributed by atoms with van der Waals surface area (Å²) in [7, 11) is 0. The average molecular weight is 406 g/mol. The maximum absolute atomic E-state index is 14.2. The van der Waals surface area contributed by atoms with Crippen LogP contribution in [0.2, 0.25) is 0 Å². The van der Waals surface area contributed by atoms with E-state index in [1.807, 2.05) is 0 Å². The maximum Gasteiger partial charge on any atom is 0.342 e. The number of carboxylic acids is 1. The van der Waals surface area contributed by atoms with E-state index in [9.17, 15) is 32.3 Å². The molecule has 1 heterocycles. The largest absolute Gasteiger partial charge is 0.477 e. The van der Waals surface area contributed by atoms with E-state index in [2.05, 4.69) is 6.58 Å². The number of benzene rings is 2. The van der Waals surface area contributed by atoms with Gasteiger partial charge in [-0.1, -0.05) is 24.8 Å². The second-order valence-corrected chi connectivity index (χ2v) is 6.19. The summed E-state index contributed by atoms with van der Waals surface area (Å²) < 4.78 is 57.0. The van der Waals surface area contributed by atoms with Crippen molar-refractivity contribution >= 4 is 5.97 Å². The summed E-state index contributed by atoms with van der Waals surface area (Å²) in [6.07, 6.45) is 1.44. The molecule has 0 bridgehead atoms. The molecule has 3 rings (SSSR count). The summed E-state index contributed by atoms with van der Waals surface area (Å²) in [6, 6.07) is 7.65. The zero-order valence-electron chi connectivity index (χ0n) is 14.8. The first kappa shape index (κ1) is 20.1. The molecule has 150 valence electrons. The van der Waals surface area contributed by atoms with Crippen LogP contribution in [0.4, 0.5) is 17.6 Å². The smallest absolute Gasteiger partial charge is 0.342 e. The third kappa shape index (κ3) is 3.84. The molecule has 0 fully saturated rings. The number of hydrogen-bond acceptors (Lipinski definition) is 2. The fourth-order valence-corrected chi connectivity index (χ4v) is 2.84. The molecule has 3 aromatic rings. The Labute approximate surface area is 161 Å². The minimum absolute atomic E-state index is 0.222. The van der Waals surface area contributed by atoms with Crippen LogP contribution in [-0.4, -0.2) is 20.4 Å². The van der Waals surface area contributed by atoms with Gasteiger partial charge in [0.15, 0.2) is 5.82 Å². The van der Waals surface area contributed by atoms with Crippen LogP contribution >= 0.6 is 0 Å². The summed E-state index contributed by atoms with van der Waals surface area (Å²) in [5.74, 6) is -6.80. The fourth-order valence-electron chi connectivity index (χ4n) is 2.84. The first-order chi connectivity index (χ1) is 13.6. The minimum Gasteiger partial charge on any atom is -0.477 e. The minimum atomic E-state index is -3.29. The normalized spacial score (nSPS) is 11.4. The SMILES string of the molecule is C=CC(F)(F)c1cccc(Cn2cc(C(=O)O)c(=O)n2-c2ccc(F)cc2F)c1. The van der Waals surface area contributed by atoms with Crippen LogP contribution in [0.3, 0.4) is 0 Å². The Morgan fingerprint density at radius 1 is 1.17 bits per heavy atom. The van der Waals surface area contributed by atoms with E-state index in [-0.39, 0.29) is 17.8 Å². The summed E-state index contributed by atoms with van der Waals surface area (Å²) in [6.45, 7) is 2.87. The standard InChI is InChI=1S/C20H14F4N2O3/c1-2-20(23,24)13-5-3-4-12(8-13)10-25-11-15(19(28)29)18(27)26(25)17-7-6-14(21)9-16(17)22/h2-9,11H,1,10H2,(H,28,29). The highest BCUT2D eigenvalue weighted by atomic mass is 19.3. The Bertz CT molecular complexity index is 1160. The lowest BCUT2D eigenvalue weighted by Gasteiger charge is -2.15. The Balaban J connectivity index is 2.14. The molecule has 1 N–H and O–H groups in total. The van der Waals surface area contributed by atoms with Gasteiger partial charge in [0.25, 0.3) is 11.5 Å². The molecule has 0 spiro atoms. The van der Waals surface area contributed by atoms with Crippen molar-refractivity contribution in [2.45, 2.75) is 12.5 Å². The van der Waals surface area contributed by atoms with E-state index in [1.165, 1.54) is 18.2 Å². The molecule has 29 heavy (non-hydrogen) atoms. The molecule has 2 aromatic carbocycles. The van der Waals surface area contributed by atoms with Crippen molar-refractivity contribution in [3.63, 3.8) is 0 Å². The van der Waals surface area contributed by atoms with Crippen molar-refractivity contribution in [2.24, 2.45) is 0 Å². The molecule has 0 amide bonds. The van der Waals surface area contributed by atoms with Crippen LogP contribution in [0.25, 0.3) is 5.69 Å². The van der Waals surface area contributed by atoms with E-state index in [1.54, 1.807) is 0 Å². The van der Waals surface area contributed by atoms with E-state index in [0.29, 0.717) is 17.7 Å². The van der Waals surface area contributed by atoms with E-state index in [0.717, 1.165) is 33.8 Å². The van der Waals surface area contributed by atoms with Gasteiger partial charge in [0, 0.05) is 17.8 Å². The van der Waals surface area contributed by atoms with Gasteiger partial charge in [-0.25, -0.2) is 18.3 Å². The van der Waals surface area contributed by atoms with Crippen LogP contribution in [0, 0.1) is 11.6 Å². The van der Waals surface area contributed by atoms with Crippen LogP contribution in [0.5, 0.6) is 0 Å². The van der Waals surface area contributed by atoms with Gasteiger partial charge in [0.2, 0.25) is 0 Å². The average Bonchev–Trinajstić information content (AvgIpc) is 2.98. The summed E-state index contributed by atoms with van der Waals surface area (Å²) in [4.78, 5) is 23.8. The van der Waals surface area contributed by atoms with E-state index < -0.39 is 34.6 Å². The number of aromatic carboxylic acids is 1. The summed E-state index contributed by atoms with van der Waals surface area (Å²) >= 11 is 0. The Morgan fingerprint density at radius 3 is 2.52 bits per heavy atom. The highest BCUT2D eigenvalue weighted by Gasteiger charge is 2.27. The van der Waals surface area contributed by atoms with E-state index in [4.69, 9.17) is 0 Å². The van der Waals surface area contributed by atoms with Crippen molar-refractivity contribution in [3.8, 4) is 5.69 Å². The van der Waals surface area contributed by atoms with Crippen molar-refractivity contribution in [1.29, 1.82) is 0 Å². The predicted octanol–water partition coefficient (Wildman–Crippen LogP) is 3.94. The number of carbonyl (C=O) groups is 1. The van der Waals surface area contributed by atoms with Gasteiger partial charge >= 0.3 is 5.97 Å². The lowest BCUT2D eigenvalue weighted by molar-refractivity contribution is 0.0524. The molecule has 0 atom stereocenters. The number of hydrogen-bond donors (Lipinski definition) is 1. The molecular formula is C20H14F4N2O3. The van der Waals surface area contributed by atoms with Gasteiger partial charge in [-0.15, -0.1) is 0 Å². The zero-order valence-corrected chi connectivity index (χ0v) is 14.8. The third-order valence-corrected chi connectivity index (χ3v) is 4.24. The molecule has 9 heteroatoms. The number of nitrogens with zero attached hydrogens (tertiary/aromatic N) is 2. The number of alkyl halides is 2. The summed E-state index contributed by atoms with van der Waals surface area (Å²) in [5.41, 5.74) is -2.13. The number of aromatic nitrogens is 2. The second-order valence-electron chi connectivity index (χ2n) is 6.19. The molecule has 0 aliphatic rings. The number of halogens is 4. The van der Waals surface area contributed by atoms with Gasteiger partial charge in [0.05, 0.1) is 6.54 Å². The highest BCUT2D eigenvalue weighted by Crippen LogP contribution is 2.29. The molecule has 0 saturated heterocycles. The fraction of sp³-hybridized carbons (Fsp3) is 0.100. The van der Waals surface area contributed by atoms with Gasteiger partial charge in [-0.2, -0.15) is 8.78 Å². The van der Waals surface area contributed by atoms with Crippen molar-refractivity contribution < 1.29 is 27.5 Å². The molecule has 0 aliphatic heterocycles. The highest BCUT2D eigenvalue weighted by molar-refractivity contribution is 5.87. The monoisotopic (exact) mass is 406 g/mol. The maximum atomic E-state index is 14.2. The van der Waals surface area contributed by atoms with E-state index >= 15 is 0 Å². The Hall–Kier alpha value is -3.62. The molecule has 5 nitrogen and oxygen atoms in total. The van der Waals surface area contributed by atoms with Crippen LogP contribution in [0.15, 0.2) is 66.1 Å². The Morgan fingerprint density at radius 2 is 1.90 bits per heavy atom. The topological polar surface area (TPSA) is 64.2 Å². The van der Waals surface area contributed by atoms with Gasteiger partial charge in [-0.3, -0.25) is 9.48 Å². The molecule has 0 radical (unpaired) electrons. The van der Waals surface area contributed by atoms with Crippen LogP contribution in [-0.2, 0) is 12.5 Å². The number of allylic oxidation sites excluding steroid dienone is 1. The van der Waals surface area contributed by atoms with Crippen molar-refractivity contribution in [2.75, 3.05) is 0 Å². The molecular weight excluding hydrogens is 392 g/mol. The zero-order chi connectivity index (χ0) is 21.3. The van der Waals surface area contributed by atoms with Crippen molar-refractivity contribution in [3.05, 3.63) is 100.0 Å². The lowest BCUT2D eigenvalue weighted by atomic mass is 10.1. The van der Waals surface area contributed by atoms with Gasteiger partial charge in [-0.05, 0) is 29.8 Å². The third-order valence-electron chi connectivity index (χ3n) is 4.24. The lowest BCUT2D eigenvalue weighted by Crippen LogP contribution is -2.25. The first-order valence-corrected chi connectivity index (χ1v) is 8.26. The van der Waals surface area contributed by atoms with Crippen LogP contribution in [0.1, 0.15) is 21.5 Å². The predicted molar refractivity (Wildman–Crippen MR) is 96.5 cm³/mol. The Kier molecular flexibility index (Phi) is 5.15. The first-order valence-electron chi connectivity index (χ1n) is 8.26. The quantitative estimate of drug-likeness (QED) is 0.498. The molecule has 0 unspecified atom stereocenters. The molecule has 0 aliphatic carbocycles. The molecule has 0 saturated carbocycles. The molecule has 1 aromatic heterocycles. The van der Waals surface area contributed by atoms with Crippen molar-refractivity contribution in [1.82, 2.24) is 9.36 Å². The second kappa shape index (κ2) is 7.42. The number of carboxylic acid groups (broad SMARTS) is 1. The number of rotatable bonds is 6. The van der Waals surface area contributed by atoms with Gasteiger partial charge in [0.1, 0.15) is 17.1 Å².